The number of carbonyl (C=O) groups is 1. The molecule has 1 radical (unpaired) electrons. The Labute approximate surface area is 218 Å². The van der Waals surface area contributed by atoms with E-state index in [-0.39, 0.29) is 37.1 Å². The third kappa shape index (κ3) is 8.45. The second kappa shape index (κ2) is 11.9. The van der Waals surface area contributed by atoms with Crippen molar-refractivity contribution in [3.05, 3.63) is 71.6 Å². The van der Waals surface area contributed by atoms with Gasteiger partial charge in [0.1, 0.15) is 5.76 Å². The number of hydrogen-bond acceptors (Lipinski definition) is 4. The number of benzene rings is 2. The van der Waals surface area contributed by atoms with Crippen LogP contribution >= 0.6 is 0 Å². The molecule has 4 nitrogen and oxygen atoms in total. The molecule has 0 amide bonds. The van der Waals surface area contributed by atoms with Crippen LogP contribution in [0.3, 0.4) is 0 Å². The van der Waals surface area contributed by atoms with Gasteiger partial charge >= 0.3 is 0 Å². The van der Waals surface area contributed by atoms with Gasteiger partial charge in [0, 0.05) is 48.6 Å². The van der Waals surface area contributed by atoms with E-state index in [2.05, 4.69) is 48.9 Å². The first kappa shape index (κ1) is 29.7. The molecule has 1 aromatic heterocycles. The number of rotatable bonds is 3. The van der Waals surface area contributed by atoms with Gasteiger partial charge in [-0.15, -0.1) is 34.9 Å². The largest absolute Gasteiger partial charge is 0.512 e. The van der Waals surface area contributed by atoms with E-state index >= 15 is 0 Å². The van der Waals surface area contributed by atoms with Crippen molar-refractivity contribution < 1.29 is 30.0 Å². The Morgan fingerprint density at radius 2 is 1.65 bits per heavy atom. The molecule has 3 rings (SSSR count). The zero-order valence-corrected chi connectivity index (χ0v) is 24.2. The van der Waals surface area contributed by atoms with Gasteiger partial charge in [0.15, 0.2) is 5.78 Å². The molecule has 0 fully saturated rings. The van der Waals surface area contributed by atoms with Crippen molar-refractivity contribution in [2.45, 2.75) is 68.2 Å². The molecule has 0 aliphatic heterocycles. The van der Waals surface area contributed by atoms with E-state index in [1.165, 1.54) is 11.6 Å². The molecule has 1 N–H and O–H groups in total. The molecule has 0 atom stereocenters. The van der Waals surface area contributed by atoms with Crippen molar-refractivity contribution in [2.24, 2.45) is 10.8 Å². The van der Waals surface area contributed by atoms with Crippen LogP contribution in [-0.2, 0) is 24.9 Å². The minimum atomic E-state index is -0.417. The number of aliphatic hydroxyl groups excluding tert-OH is 1. The molecular weight excluding hydrogens is 601 g/mol. The molecule has 0 aliphatic carbocycles. The van der Waals surface area contributed by atoms with Gasteiger partial charge in [-0.2, -0.15) is 0 Å². The first-order valence-corrected chi connectivity index (χ1v) is 11.4. The molecule has 0 saturated carbocycles. The summed E-state index contributed by atoms with van der Waals surface area (Å²) in [5.74, 6) is 1.34. The van der Waals surface area contributed by atoms with Crippen LogP contribution in [0, 0.1) is 23.8 Å². The number of fused-ring (bicyclic) bond motifs is 1. The van der Waals surface area contributed by atoms with Crippen molar-refractivity contribution in [3.63, 3.8) is 0 Å². The molecule has 0 unspecified atom stereocenters. The Kier molecular flexibility index (Phi) is 10.3. The summed E-state index contributed by atoms with van der Waals surface area (Å²) in [4.78, 5) is 20.6. The molecule has 0 bridgehead atoms. The quantitative estimate of drug-likeness (QED) is 0.182. The predicted molar refractivity (Wildman–Crippen MR) is 137 cm³/mol. The van der Waals surface area contributed by atoms with E-state index in [0.717, 1.165) is 27.9 Å². The van der Waals surface area contributed by atoms with E-state index in [9.17, 15) is 9.90 Å². The normalized spacial score (nSPS) is 12.1. The summed E-state index contributed by atoms with van der Waals surface area (Å²) in [6.45, 7) is 17.6. The van der Waals surface area contributed by atoms with Gasteiger partial charge in [0.2, 0.25) is 0 Å². The summed E-state index contributed by atoms with van der Waals surface area (Å²) < 4.78 is 0. The number of aliphatic hydroxyl groups is 1. The van der Waals surface area contributed by atoms with Gasteiger partial charge in [-0.3, -0.25) is 14.8 Å². The van der Waals surface area contributed by atoms with Gasteiger partial charge in [-0.25, -0.2) is 0 Å². The minimum absolute atomic E-state index is 0. The molecule has 2 aromatic carbocycles. The van der Waals surface area contributed by atoms with Crippen LogP contribution in [0.5, 0.6) is 0 Å². The Morgan fingerprint density at radius 3 is 2.21 bits per heavy atom. The number of nitrogens with zero attached hydrogens (tertiary/aromatic N) is 2. The van der Waals surface area contributed by atoms with Crippen LogP contribution in [0.25, 0.3) is 22.3 Å². The monoisotopic (exact) mass is 638 g/mol. The van der Waals surface area contributed by atoms with E-state index in [4.69, 9.17) is 0 Å². The summed E-state index contributed by atoms with van der Waals surface area (Å²) in [6.07, 6.45) is 3.21. The fourth-order valence-electron chi connectivity index (χ4n) is 2.86. The van der Waals surface area contributed by atoms with Crippen LogP contribution in [-0.4, -0.2) is 20.9 Å². The number of para-hydroxylation sites is 1. The van der Waals surface area contributed by atoms with Crippen LogP contribution in [0.1, 0.15) is 72.4 Å². The van der Waals surface area contributed by atoms with Crippen LogP contribution in [0.2, 0.25) is 0 Å². The molecule has 0 spiro atoms. The summed E-state index contributed by atoms with van der Waals surface area (Å²) in [5, 5.41) is 10.6. The molecule has 185 valence electrons. The maximum atomic E-state index is 11.5. The van der Waals surface area contributed by atoms with Gasteiger partial charge in [0.05, 0.1) is 11.3 Å². The fourth-order valence-corrected chi connectivity index (χ4v) is 2.86. The van der Waals surface area contributed by atoms with E-state index in [1.54, 1.807) is 0 Å². The van der Waals surface area contributed by atoms with Crippen molar-refractivity contribution >= 4 is 16.7 Å². The predicted octanol–water partition coefficient (Wildman–Crippen LogP) is 7.62. The fraction of sp³-hybridized carbons (Fsp3) is 0.414. The number of hydrogen-bond donors (Lipinski definition) is 1. The standard InChI is InChI=1S/C18H17N2.C11H20O2.Ir/c1-12(2)15-8-13(3)9-16(10-15)18-19-11-14-6-4-5-7-17(14)20-18;1-10(2,3)8(12)7-9(13)11(4,5)6;/h4-8,10-12H,1-3H3;7,12H,1-6H3;/q-1;;/b;8-7-;. The SMILES string of the molecule is CC(C)(C)C(=O)/C=C(\O)C(C)(C)C.Cc1[c-]c(-c2ncc3ccccc3n2)cc(C(C)C)c1.[Ir]. The third-order valence-electron chi connectivity index (χ3n) is 5.20. The Balaban J connectivity index is 0.000000364. The smallest absolute Gasteiger partial charge is 0.164 e. The molecule has 1 heterocycles. The zero-order valence-electron chi connectivity index (χ0n) is 21.8. The Hall–Kier alpha value is -2.36. The van der Waals surface area contributed by atoms with Gasteiger partial charge in [-0.1, -0.05) is 80.5 Å². The molecule has 5 heteroatoms. The van der Waals surface area contributed by atoms with Gasteiger partial charge < -0.3 is 5.11 Å². The number of aryl methyl sites for hydroxylation is 1. The van der Waals surface area contributed by atoms with E-state index in [1.807, 2.05) is 72.0 Å². The van der Waals surface area contributed by atoms with E-state index < -0.39 is 5.41 Å². The van der Waals surface area contributed by atoms with Crippen LogP contribution in [0.15, 0.2) is 54.4 Å². The molecule has 0 aliphatic rings. The van der Waals surface area contributed by atoms with Crippen molar-refractivity contribution in [2.75, 3.05) is 0 Å². The van der Waals surface area contributed by atoms with E-state index in [0.29, 0.717) is 5.92 Å². The average molecular weight is 638 g/mol. The second-order valence-corrected chi connectivity index (χ2v) is 10.8. The number of carbonyl (C=O) groups excluding carboxylic acids is 1. The Morgan fingerprint density at radius 1 is 1.03 bits per heavy atom. The maximum Gasteiger partial charge on any atom is 0.164 e. The molecule has 34 heavy (non-hydrogen) atoms. The van der Waals surface area contributed by atoms with Crippen molar-refractivity contribution in [1.82, 2.24) is 9.97 Å². The average Bonchev–Trinajstić information content (AvgIpc) is 2.72. The first-order chi connectivity index (χ1) is 15.2. The van der Waals surface area contributed by atoms with Gasteiger partial charge in [-0.05, 0) is 12.0 Å². The second-order valence-electron chi connectivity index (χ2n) is 10.8. The van der Waals surface area contributed by atoms with Crippen LogP contribution in [0.4, 0.5) is 0 Å². The number of ketones is 1. The summed E-state index contributed by atoms with van der Waals surface area (Å²) >= 11 is 0. The molecule has 3 aromatic rings. The first-order valence-electron chi connectivity index (χ1n) is 11.4. The number of aromatic nitrogens is 2. The van der Waals surface area contributed by atoms with Crippen LogP contribution < -0.4 is 0 Å². The van der Waals surface area contributed by atoms with Crippen molar-refractivity contribution in [1.29, 1.82) is 0 Å². The zero-order chi connectivity index (χ0) is 25.0. The topological polar surface area (TPSA) is 63.1 Å². The minimum Gasteiger partial charge on any atom is -0.512 e. The molecular formula is C29H37IrN2O2-. The van der Waals surface area contributed by atoms with Crippen molar-refractivity contribution in [3.8, 4) is 11.4 Å². The maximum absolute atomic E-state index is 11.5. The molecule has 0 saturated heterocycles. The third-order valence-corrected chi connectivity index (χ3v) is 5.20. The number of allylic oxidation sites excluding steroid dienone is 2. The van der Waals surface area contributed by atoms with Gasteiger partial charge in [0.25, 0.3) is 0 Å². The Bertz CT molecular complexity index is 1150. The summed E-state index contributed by atoms with van der Waals surface area (Å²) in [5.41, 5.74) is 3.61. The summed E-state index contributed by atoms with van der Waals surface area (Å²) in [7, 11) is 0. The summed E-state index contributed by atoms with van der Waals surface area (Å²) in [6, 6.07) is 15.7.